The lowest BCUT2D eigenvalue weighted by atomic mass is 9.96. The number of nitrogens with zero attached hydrogens (tertiary/aromatic N) is 2. The van der Waals surface area contributed by atoms with Gasteiger partial charge in [0.05, 0.1) is 5.69 Å². The molecule has 0 aliphatic heterocycles. The number of carbonyl (C=O) groups excluding carboxylic acids is 1. The highest BCUT2D eigenvalue weighted by Crippen LogP contribution is 2.36. The summed E-state index contributed by atoms with van der Waals surface area (Å²) in [5.41, 5.74) is 3.85. The summed E-state index contributed by atoms with van der Waals surface area (Å²) in [4.78, 5) is 19.5. The minimum absolute atomic E-state index is 0.0223. The molecule has 1 heterocycles. The van der Waals surface area contributed by atoms with Crippen molar-refractivity contribution < 1.29 is 9.18 Å². The molecule has 4 rings (SSSR count). The number of rotatable bonds is 7. The molecule has 5 heteroatoms. The fraction of sp³-hybridized carbons (Fsp3) is 0.185. The Balaban J connectivity index is 1.61. The van der Waals surface area contributed by atoms with Crippen LogP contribution in [0, 0.1) is 11.7 Å². The van der Waals surface area contributed by atoms with Crippen molar-refractivity contribution in [1.29, 1.82) is 0 Å². The number of hydrogen-bond donors (Lipinski definition) is 0. The lowest BCUT2D eigenvalue weighted by Crippen LogP contribution is -2.33. The third kappa shape index (κ3) is 4.63. The summed E-state index contributed by atoms with van der Waals surface area (Å²) in [6, 6.07) is 24.8. The van der Waals surface area contributed by atoms with E-state index in [0.717, 1.165) is 23.1 Å². The molecule has 0 saturated heterocycles. The largest absolute Gasteiger partial charge is 0.291 e. The average Bonchev–Trinajstić information content (AvgIpc) is 3.32. The maximum absolute atomic E-state index is 14.9. The summed E-state index contributed by atoms with van der Waals surface area (Å²) < 4.78 is 14.9. The van der Waals surface area contributed by atoms with Gasteiger partial charge in [0.15, 0.2) is 5.13 Å². The molecule has 0 unspecified atom stereocenters. The zero-order valence-corrected chi connectivity index (χ0v) is 19.0. The Hall–Kier alpha value is -3.31. The molecule has 0 spiro atoms. The summed E-state index contributed by atoms with van der Waals surface area (Å²) in [6.45, 7) is 2.03. The predicted octanol–water partition coefficient (Wildman–Crippen LogP) is 6.85. The van der Waals surface area contributed by atoms with Crippen molar-refractivity contribution in [2.75, 3.05) is 11.9 Å². The molecule has 1 aromatic heterocycles. The van der Waals surface area contributed by atoms with Gasteiger partial charge in [-0.3, -0.25) is 9.69 Å². The Morgan fingerprint density at radius 3 is 2.38 bits per heavy atom. The fourth-order valence-electron chi connectivity index (χ4n) is 3.85. The second kappa shape index (κ2) is 9.88. The molecule has 4 aromatic rings. The quantitative estimate of drug-likeness (QED) is 0.312. The van der Waals surface area contributed by atoms with Gasteiger partial charge in [0.2, 0.25) is 5.91 Å². The molecule has 3 aromatic carbocycles. The van der Waals surface area contributed by atoms with Crippen molar-refractivity contribution in [3.05, 3.63) is 95.6 Å². The van der Waals surface area contributed by atoms with E-state index in [1.807, 2.05) is 79.0 Å². The first kappa shape index (κ1) is 21.9. The van der Waals surface area contributed by atoms with E-state index in [4.69, 9.17) is 0 Å². The number of aromatic nitrogens is 1. The van der Waals surface area contributed by atoms with E-state index >= 15 is 0 Å². The second-order valence-electron chi connectivity index (χ2n) is 7.74. The molecule has 1 amide bonds. The number of thiazole rings is 1. The minimum atomic E-state index is -0.326. The molecule has 3 nitrogen and oxygen atoms in total. The van der Waals surface area contributed by atoms with Crippen LogP contribution in [0.5, 0.6) is 0 Å². The van der Waals surface area contributed by atoms with Crippen molar-refractivity contribution in [3.63, 3.8) is 0 Å². The van der Waals surface area contributed by atoms with Gasteiger partial charge in [-0.25, -0.2) is 9.37 Å². The van der Waals surface area contributed by atoms with Crippen LogP contribution in [0.25, 0.3) is 22.4 Å². The SMILES string of the molecule is CC[C@H](Cc1ccccc1)C(=O)N(C)c1nc(-c2c(F)cccc2-c2ccccc2)cs1. The van der Waals surface area contributed by atoms with Crippen LogP contribution in [0.2, 0.25) is 0 Å². The number of hydrogen-bond acceptors (Lipinski definition) is 3. The van der Waals surface area contributed by atoms with Crippen molar-refractivity contribution >= 4 is 22.4 Å². The highest BCUT2D eigenvalue weighted by Gasteiger charge is 2.24. The number of benzene rings is 3. The summed E-state index contributed by atoms with van der Waals surface area (Å²) in [5, 5.41) is 2.39. The van der Waals surface area contributed by atoms with Crippen LogP contribution in [-0.4, -0.2) is 17.9 Å². The molecule has 0 bridgehead atoms. The van der Waals surface area contributed by atoms with Crippen LogP contribution in [0.1, 0.15) is 18.9 Å². The molecule has 0 fully saturated rings. The van der Waals surface area contributed by atoms with Gasteiger partial charge in [0, 0.05) is 23.9 Å². The number of carbonyl (C=O) groups is 1. The Morgan fingerprint density at radius 2 is 1.69 bits per heavy atom. The minimum Gasteiger partial charge on any atom is -0.291 e. The van der Waals surface area contributed by atoms with E-state index < -0.39 is 0 Å². The van der Waals surface area contributed by atoms with E-state index in [0.29, 0.717) is 22.8 Å². The average molecular weight is 445 g/mol. The molecular weight excluding hydrogens is 419 g/mol. The first-order chi connectivity index (χ1) is 15.6. The Bertz CT molecular complexity index is 1190. The van der Waals surface area contributed by atoms with Crippen LogP contribution in [0.4, 0.5) is 9.52 Å². The van der Waals surface area contributed by atoms with Crippen LogP contribution in [0.3, 0.4) is 0 Å². The lowest BCUT2D eigenvalue weighted by Gasteiger charge is -2.21. The van der Waals surface area contributed by atoms with Crippen molar-refractivity contribution in [2.45, 2.75) is 19.8 Å². The third-order valence-electron chi connectivity index (χ3n) is 5.63. The Labute approximate surface area is 192 Å². The highest BCUT2D eigenvalue weighted by molar-refractivity contribution is 7.14. The van der Waals surface area contributed by atoms with Crippen LogP contribution in [-0.2, 0) is 11.2 Å². The van der Waals surface area contributed by atoms with Gasteiger partial charge in [-0.1, -0.05) is 79.7 Å². The van der Waals surface area contributed by atoms with Gasteiger partial charge >= 0.3 is 0 Å². The second-order valence-corrected chi connectivity index (χ2v) is 8.57. The Morgan fingerprint density at radius 1 is 1.00 bits per heavy atom. The smallest absolute Gasteiger partial charge is 0.231 e. The van der Waals surface area contributed by atoms with Gasteiger partial charge in [-0.2, -0.15) is 0 Å². The maximum atomic E-state index is 14.9. The summed E-state index contributed by atoms with van der Waals surface area (Å²) in [5.74, 6) is -0.440. The summed E-state index contributed by atoms with van der Waals surface area (Å²) >= 11 is 1.35. The topological polar surface area (TPSA) is 33.2 Å². The van der Waals surface area contributed by atoms with E-state index in [1.165, 1.54) is 17.4 Å². The fourth-order valence-corrected chi connectivity index (χ4v) is 4.64. The molecule has 1 atom stereocenters. The standard InChI is InChI=1S/C27H25FN2OS/c1-3-20(17-19-11-6-4-7-12-19)26(31)30(2)27-29-24(18-32-27)25-22(15-10-16-23(25)28)21-13-8-5-9-14-21/h4-16,18,20H,3,17H2,1-2H3/t20-/m1/s1. The monoisotopic (exact) mass is 444 g/mol. The van der Waals surface area contributed by atoms with E-state index in [9.17, 15) is 9.18 Å². The Kier molecular flexibility index (Phi) is 6.76. The first-order valence-electron chi connectivity index (χ1n) is 10.7. The van der Waals surface area contributed by atoms with Crippen LogP contribution >= 0.6 is 11.3 Å². The number of halogens is 1. The van der Waals surface area contributed by atoms with E-state index in [-0.39, 0.29) is 17.6 Å². The molecule has 32 heavy (non-hydrogen) atoms. The van der Waals surface area contributed by atoms with Crippen LogP contribution < -0.4 is 4.90 Å². The summed E-state index contributed by atoms with van der Waals surface area (Å²) in [6.07, 6.45) is 1.42. The van der Waals surface area contributed by atoms with Gasteiger partial charge in [0.1, 0.15) is 5.82 Å². The normalized spacial score (nSPS) is 11.8. The maximum Gasteiger partial charge on any atom is 0.231 e. The van der Waals surface area contributed by atoms with E-state index in [2.05, 4.69) is 4.98 Å². The molecular formula is C27H25FN2OS. The predicted molar refractivity (Wildman–Crippen MR) is 130 cm³/mol. The van der Waals surface area contributed by atoms with Crippen LogP contribution in [0.15, 0.2) is 84.2 Å². The molecule has 0 aliphatic rings. The van der Waals surface area contributed by atoms with Gasteiger partial charge in [-0.15, -0.1) is 11.3 Å². The van der Waals surface area contributed by atoms with E-state index in [1.54, 1.807) is 18.0 Å². The lowest BCUT2D eigenvalue weighted by molar-refractivity contribution is -0.122. The molecule has 0 saturated carbocycles. The summed E-state index contributed by atoms with van der Waals surface area (Å²) in [7, 11) is 1.75. The number of amides is 1. The first-order valence-corrected chi connectivity index (χ1v) is 11.6. The van der Waals surface area contributed by atoms with Crippen molar-refractivity contribution in [3.8, 4) is 22.4 Å². The molecule has 0 N–H and O–H groups in total. The molecule has 162 valence electrons. The van der Waals surface area contributed by atoms with Gasteiger partial charge < -0.3 is 0 Å². The van der Waals surface area contributed by atoms with Gasteiger partial charge in [-0.05, 0) is 35.6 Å². The molecule has 0 radical (unpaired) electrons. The van der Waals surface area contributed by atoms with Gasteiger partial charge in [0.25, 0.3) is 0 Å². The van der Waals surface area contributed by atoms with Crippen molar-refractivity contribution in [2.24, 2.45) is 5.92 Å². The van der Waals surface area contributed by atoms with Crippen molar-refractivity contribution in [1.82, 2.24) is 4.98 Å². The third-order valence-corrected chi connectivity index (χ3v) is 6.55. The zero-order valence-electron chi connectivity index (χ0n) is 18.2. The number of anilines is 1. The molecule has 0 aliphatic carbocycles. The zero-order chi connectivity index (χ0) is 22.5. The highest BCUT2D eigenvalue weighted by atomic mass is 32.1.